The predicted octanol–water partition coefficient (Wildman–Crippen LogP) is 4.15. The maximum atomic E-state index is 11.7. The van der Waals surface area contributed by atoms with Crippen molar-refractivity contribution >= 4 is 29.4 Å². The molecule has 2 heterocycles. The van der Waals surface area contributed by atoms with Gasteiger partial charge in [-0.25, -0.2) is 0 Å². The van der Waals surface area contributed by atoms with E-state index in [1.165, 1.54) is 0 Å². The van der Waals surface area contributed by atoms with Crippen LogP contribution in [0.3, 0.4) is 0 Å². The Morgan fingerprint density at radius 2 is 2.04 bits per heavy atom. The van der Waals surface area contributed by atoms with Crippen LogP contribution in [-0.4, -0.2) is 27.0 Å². The first-order chi connectivity index (χ1) is 12.6. The van der Waals surface area contributed by atoms with Crippen molar-refractivity contribution in [2.24, 2.45) is 0 Å². The highest BCUT2D eigenvalue weighted by atomic mass is 32.2. The zero-order valence-electron chi connectivity index (χ0n) is 15.1. The van der Waals surface area contributed by atoms with Crippen molar-refractivity contribution < 1.29 is 4.79 Å². The minimum Gasteiger partial charge on any atom is -0.353 e. The minimum atomic E-state index is -0.0835. The van der Waals surface area contributed by atoms with Crippen LogP contribution in [0.5, 0.6) is 0 Å². The molecule has 1 amide bonds. The lowest BCUT2D eigenvalue weighted by Crippen LogP contribution is -2.19. The van der Waals surface area contributed by atoms with Gasteiger partial charge in [0.1, 0.15) is 5.82 Å². The van der Waals surface area contributed by atoms with Gasteiger partial charge in [-0.3, -0.25) is 9.20 Å². The number of carbonyl (C=O) groups is 1. The number of hydrogen-bond acceptors (Lipinski definition) is 4. The Kier molecular flexibility index (Phi) is 5.73. The quantitative estimate of drug-likeness (QED) is 0.666. The number of rotatable bonds is 6. The zero-order chi connectivity index (χ0) is 18.5. The first-order valence-corrected chi connectivity index (χ1v) is 9.47. The molecule has 0 bridgehead atoms. The maximum Gasteiger partial charge on any atom is 0.243 e. The highest BCUT2D eigenvalue weighted by Crippen LogP contribution is 2.31. The topological polar surface area (TPSA) is 59.3 Å². The molecule has 0 saturated heterocycles. The lowest BCUT2D eigenvalue weighted by atomic mass is 10.2. The number of carbonyl (C=O) groups excluding carboxylic acids is 1. The van der Waals surface area contributed by atoms with Crippen LogP contribution in [0.4, 0.5) is 0 Å². The van der Waals surface area contributed by atoms with Gasteiger partial charge in [-0.1, -0.05) is 43.8 Å². The number of amides is 1. The van der Waals surface area contributed by atoms with Crippen LogP contribution in [0.25, 0.3) is 11.7 Å². The molecule has 0 atom stereocenters. The van der Waals surface area contributed by atoms with Crippen LogP contribution >= 0.6 is 11.8 Å². The molecule has 1 aromatic carbocycles. The van der Waals surface area contributed by atoms with Crippen molar-refractivity contribution in [1.29, 1.82) is 0 Å². The molecule has 3 aromatic rings. The molecule has 3 rings (SSSR count). The Balaban J connectivity index is 1.88. The van der Waals surface area contributed by atoms with Crippen molar-refractivity contribution in [3.63, 3.8) is 0 Å². The average Bonchev–Trinajstić information content (AvgIpc) is 3.05. The van der Waals surface area contributed by atoms with Gasteiger partial charge in [0.2, 0.25) is 5.91 Å². The highest BCUT2D eigenvalue weighted by molar-refractivity contribution is 7.99. The van der Waals surface area contributed by atoms with E-state index in [0.717, 1.165) is 26.8 Å². The number of nitrogens with one attached hydrogen (secondary N) is 1. The monoisotopic (exact) mass is 366 g/mol. The molecule has 5 nitrogen and oxygen atoms in total. The van der Waals surface area contributed by atoms with Crippen LogP contribution < -0.4 is 5.32 Å². The third-order valence-electron chi connectivity index (χ3n) is 3.83. The lowest BCUT2D eigenvalue weighted by Gasteiger charge is -2.08. The van der Waals surface area contributed by atoms with Gasteiger partial charge < -0.3 is 5.32 Å². The number of aromatic nitrogens is 3. The summed E-state index contributed by atoms with van der Waals surface area (Å²) >= 11 is 1.66. The first-order valence-electron chi connectivity index (χ1n) is 8.66. The van der Waals surface area contributed by atoms with E-state index >= 15 is 0 Å². The number of nitrogens with zero attached hydrogens (tertiary/aromatic N) is 3. The number of pyridine rings is 1. The van der Waals surface area contributed by atoms with Crippen LogP contribution in [0, 0.1) is 0 Å². The summed E-state index contributed by atoms with van der Waals surface area (Å²) in [6, 6.07) is 12.1. The van der Waals surface area contributed by atoms with Crippen LogP contribution in [0.15, 0.2) is 58.5 Å². The predicted molar refractivity (Wildman–Crippen MR) is 105 cm³/mol. The molecule has 0 spiro atoms. The van der Waals surface area contributed by atoms with Crippen molar-refractivity contribution in [3.05, 3.63) is 60.1 Å². The van der Waals surface area contributed by atoms with Gasteiger partial charge in [0, 0.05) is 34.5 Å². The van der Waals surface area contributed by atoms with Crippen molar-refractivity contribution in [2.75, 3.05) is 6.54 Å². The summed E-state index contributed by atoms with van der Waals surface area (Å²) in [6.45, 7) is 6.74. The average molecular weight is 366 g/mol. The normalized spacial score (nSPS) is 11.5. The molecule has 6 heteroatoms. The molecule has 1 N–H and O–H groups in total. The van der Waals surface area contributed by atoms with Gasteiger partial charge in [-0.2, -0.15) is 0 Å². The number of hydrogen-bond donors (Lipinski definition) is 1. The summed E-state index contributed by atoms with van der Waals surface area (Å²) in [7, 11) is 0. The van der Waals surface area contributed by atoms with Crippen LogP contribution in [0.1, 0.15) is 38.1 Å². The van der Waals surface area contributed by atoms with E-state index in [4.69, 9.17) is 0 Å². The fourth-order valence-electron chi connectivity index (χ4n) is 2.58. The molecule has 134 valence electrons. The van der Waals surface area contributed by atoms with E-state index in [9.17, 15) is 4.79 Å². The van der Waals surface area contributed by atoms with E-state index in [1.807, 2.05) is 47.7 Å². The number of fused-ring (bicyclic) bond motifs is 1. The number of likely N-dealkylation sites (N-methyl/N-ethyl adjacent to an activating group) is 1. The second kappa shape index (κ2) is 8.19. The summed E-state index contributed by atoms with van der Waals surface area (Å²) < 4.78 is 2.04. The molecule has 0 aliphatic heterocycles. The van der Waals surface area contributed by atoms with E-state index in [2.05, 4.69) is 41.6 Å². The minimum absolute atomic E-state index is 0.0835. The van der Waals surface area contributed by atoms with Crippen molar-refractivity contribution in [2.45, 2.75) is 36.5 Å². The zero-order valence-corrected chi connectivity index (χ0v) is 16.0. The van der Waals surface area contributed by atoms with Gasteiger partial charge in [-0.15, -0.1) is 10.2 Å². The molecule has 26 heavy (non-hydrogen) atoms. The molecule has 2 aromatic heterocycles. The molecule has 0 aliphatic rings. The Morgan fingerprint density at radius 1 is 1.23 bits per heavy atom. The molecular weight excluding hydrogens is 344 g/mol. The third kappa shape index (κ3) is 4.14. The van der Waals surface area contributed by atoms with Crippen molar-refractivity contribution in [3.8, 4) is 0 Å². The maximum absolute atomic E-state index is 11.7. The largest absolute Gasteiger partial charge is 0.353 e. The van der Waals surface area contributed by atoms with E-state index < -0.39 is 0 Å². The Morgan fingerprint density at radius 3 is 2.81 bits per heavy atom. The van der Waals surface area contributed by atoms with Crippen LogP contribution in [0.2, 0.25) is 0 Å². The van der Waals surface area contributed by atoms with Gasteiger partial charge in [0.05, 0.1) is 0 Å². The Hall–Kier alpha value is -2.60. The standard InChI is InChI=1S/C20H22N4OS/c1-4-21-19(25)12-9-15-7-5-6-8-17(15)26-16-10-11-18-22-23-20(14(2)3)24(18)13-16/h5-14H,4H2,1-3H3,(H,21,25). The molecule has 0 unspecified atom stereocenters. The molecule has 0 saturated carbocycles. The second-order valence-corrected chi connectivity index (χ2v) is 7.29. The summed E-state index contributed by atoms with van der Waals surface area (Å²) in [6.07, 6.45) is 5.49. The van der Waals surface area contributed by atoms with Crippen molar-refractivity contribution in [1.82, 2.24) is 19.9 Å². The summed E-state index contributed by atoms with van der Waals surface area (Å²) in [5.74, 6) is 1.17. The summed E-state index contributed by atoms with van der Waals surface area (Å²) in [5.41, 5.74) is 1.86. The molecule has 0 radical (unpaired) electrons. The van der Waals surface area contributed by atoms with Gasteiger partial charge in [0.15, 0.2) is 5.65 Å². The third-order valence-corrected chi connectivity index (χ3v) is 4.90. The highest BCUT2D eigenvalue weighted by Gasteiger charge is 2.10. The van der Waals surface area contributed by atoms with Crippen LogP contribution in [-0.2, 0) is 4.79 Å². The smallest absolute Gasteiger partial charge is 0.243 e. The summed E-state index contributed by atoms with van der Waals surface area (Å²) in [4.78, 5) is 13.9. The SMILES string of the molecule is CCNC(=O)C=Cc1ccccc1Sc1ccc2nnc(C(C)C)n2c1. The Labute approximate surface area is 157 Å². The van der Waals surface area contributed by atoms with E-state index in [0.29, 0.717) is 12.5 Å². The molecule has 0 aliphatic carbocycles. The lowest BCUT2D eigenvalue weighted by molar-refractivity contribution is -0.116. The van der Waals surface area contributed by atoms with Gasteiger partial charge >= 0.3 is 0 Å². The molecular formula is C20H22N4OS. The van der Waals surface area contributed by atoms with E-state index in [-0.39, 0.29) is 5.91 Å². The van der Waals surface area contributed by atoms with Gasteiger partial charge in [-0.05, 0) is 36.8 Å². The fourth-order valence-corrected chi connectivity index (χ4v) is 3.53. The van der Waals surface area contributed by atoms with E-state index in [1.54, 1.807) is 17.8 Å². The second-order valence-electron chi connectivity index (χ2n) is 6.17. The summed E-state index contributed by atoms with van der Waals surface area (Å²) in [5, 5.41) is 11.3. The fraction of sp³-hybridized carbons (Fsp3) is 0.250. The van der Waals surface area contributed by atoms with Gasteiger partial charge in [0.25, 0.3) is 0 Å². The first kappa shape index (κ1) is 18.2. The number of benzene rings is 1. The Bertz CT molecular complexity index is 946. The molecule has 0 fully saturated rings.